The molecule has 1 amide bonds. The third kappa shape index (κ3) is 5.56. The molecule has 1 fully saturated rings. The monoisotopic (exact) mass is 613 g/mol. The van der Waals surface area contributed by atoms with Gasteiger partial charge in [0, 0.05) is 20.6 Å². The van der Waals surface area contributed by atoms with Crippen molar-refractivity contribution < 1.29 is 14.3 Å². The van der Waals surface area contributed by atoms with Gasteiger partial charge in [-0.3, -0.25) is 9.69 Å². The van der Waals surface area contributed by atoms with E-state index in [0.29, 0.717) is 46.0 Å². The van der Waals surface area contributed by atoms with Gasteiger partial charge in [0.05, 0.1) is 22.2 Å². The zero-order valence-corrected chi connectivity index (χ0v) is 23.0. The molecule has 3 aromatic rings. The number of amides is 1. The van der Waals surface area contributed by atoms with Crippen LogP contribution in [0.3, 0.4) is 0 Å². The van der Waals surface area contributed by atoms with E-state index >= 15 is 0 Å². The Morgan fingerprint density at radius 3 is 2.44 bits per heavy atom. The summed E-state index contributed by atoms with van der Waals surface area (Å²) in [6.07, 6.45) is 1.77. The van der Waals surface area contributed by atoms with Crippen molar-refractivity contribution in [3.05, 3.63) is 90.2 Å². The molecule has 0 radical (unpaired) electrons. The predicted octanol–water partition coefficient (Wildman–Crippen LogP) is 8.40. The maximum atomic E-state index is 13.1. The van der Waals surface area contributed by atoms with Crippen molar-refractivity contribution in [1.82, 2.24) is 0 Å². The number of thioether (sulfide) groups is 1. The van der Waals surface area contributed by atoms with Crippen molar-refractivity contribution in [2.24, 2.45) is 0 Å². The maximum Gasteiger partial charge on any atom is 0.270 e. The molecule has 0 bridgehead atoms. The first-order chi connectivity index (χ1) is 16.3. The van der Waals surface area contributed by atoms with Crippen molar-refractivity contribution in [3.63, 3.8) is 0 Å². The van der Waals surface area contributed by atoms with E-state index in [0.717, 1.165) is 11.1 Å². The Morgan fingerprint density at radius 1 is 1.06 bits per heavy atom. The molecule has 0 unspecified atom stereocenters. The summed E-state index contributed by atoms with van der Waals surface area (Å²) in [5.41, 5.74) is 2.20. The van der Waals surface area contributed by atoms with E-state index in [-0.39, 0.29) is 12.5 Å². The topological polar surface area (TPSA) is 38.8 Å². The van der Waals surface area contributed by atoms with Gasteiger partial charge in [0.2, 0.25) is 0 Å². The first-order valence-corrected chi connectivity index (χ1v) is 12.9. The summed E-state index contributed by atoms with van der Waals surface area (Å²) >= 11 is 28.4. The zero-order chi connectivity index (χ0) is 24.4. The summed E-state index contributed by atoms with van der Waals surface area (Å²) < 4.78 is 12.6. The van der Waals surface area contributed by atoms with Gasteiger partial charge in [-0.25, -0.2) is 0 Å². The van der Waals surface area contributed by atoms with Crippen LogP contribution < -0.4 is 14.4 Å². The molecule has 34 heavy (non-hydrogen) atoms. The first kappa shape index (κ1) is 25.4. The van der Waals surface area contributed by atoms with Crippen molar-refractivity contribution in [2.45, 2.75) is 6.61 Å². The van der Waals surface area contributed by atoms with Gasteiger partial charge < -0.3 is 9.47 Å². The molecule has 0 N–H and O–H groups in total. The number of methoxy groups -OCH3 is 1. The largest absolute Gasteiger partial charge is 0.493 e. The Kier molecular flexibility index (Phi) is 8.12. The Bertz CT molecular complexity index is 1320. The minimum Gasteiger partial charge on any atom is -0.493 e. The molecule has 1 aliphatic heterocycles. The second-order valence-corrected chi connectivity index (χ2v) is 10.9. The van der Waals surface area contributed by atoms with E-state index < -0.39 is 0 Å². The van der Waals surface area contributed by atoms with E-state index in [1.807, 2.05) is 12.1 Å². The highest BCUT2D eigenvalue weighted by atomic mass is 79.9. The van der Waals surface area contributed by atoms with Gasteiger partial charge in [0.15, 0.2) is 15.8 Å². The van der Waals surface area contributed by atoms with Crippen LogP contribution in [0.15, 0.2) is 64.0 Å². The van der Waals surface area contributed by atoms with Crippen LogP contribution in [-0.4, -0.2) is 17.3 Å². The normalized spacial score (nSPS) is 14.7. The molecule has 1 heterocycles. The predicted molar refractivity (Wildman–Crippen MR) is 149 cm³/mol. The van der Waals surface area contributed by atoms with Crippen LogP contribution in [0.4, 0.5) is 5.69 Å². The summed E-state index contributed by atoms with van der Waals surface area (Å²) in [4.78, 5) is 15.0. The number of carbonyl (C=O) groups excluding carboxylic acids is 1. The number of nitrogens with zero attached hydrogens (tertiary/aromatic N) is 1. The first-order valence-electron chi connectivity index (χ1n) is 9.74. The van der Waals surface area contributed by atoms with Gasteiger partial charge in [-0.15, -0.1) is 0 Å². The lowest BCUT2D eigenvalue weighted by Gasteiger charge is -2.15. The van der Waals surface area contributed by atoms with E-state index in [9.17, 15) is 4.79 Å². The lowest BCUT2D eigenvalue weighted by Crippen LogP contribution is -2.27. The van der Waals surface area contributed by atoms with Gasteiger partial charge in [-0.2, -0.15) is 0 Å². The maximum absolute atomic E-state index is 13.1. The summed E-state index contributed by atoms with van der Waals surface area (Å²) in [6, 6.07) is 15.8. The van der Waals surface area contributed by atoms with Gasteiger partial charge in [0.25, 0.3) is 5.91 Å². The van der Waals surface area contributed by atoms with E-state index in [1.54, 1.807) is 55.7 Å². The highest BCUT2D eigenvalue weighted by Crippen LogP contribution is 2.41. The molecule has 1 saturated heterocycles. The molecule has 0 saturated carbocycles. The second-order valence-electron chi connectivity index (χ2n) is 7.05. The number of carbonyl (C=O) groups is 1. The number of thiocarbonyl (C=S) groups is 1. The number of halogens is 4. The quantitative estimate of drug-likeness (QED) is 0.206. The third-order valence-corrected chi connectivity index (χ3v) is 7.55. The van der Waals surface area contributed by atoms with Gasteiger partial charge in [-0.05, 0) is 76.1 Å². The van der Waals surface area contributed by atoms with Crippen molar-refractivity contribution in [1.29, 1.82) is 0 Å². The Balaban J connectivity index is 1.58. The number of rotatable bonds is 6. The fourth-order valence-electron chi connectivity index (χ4n) is 3.18. The molecular weight excluding hydrogens is 601 g/mol. The SMILES string of the molecule is COc1cc(/C=C2\SC(=S)N(c3ccc(Cl)cc3)C2=O)cc(Br)c1OCc1ccc(Cl)cc1Cl. The standard InChI is InChI=1S/C24H15BrCl3NO3S2/c1-31-20-9-13(8-18(25)22(20)32-12-14-2-3-16(27)11-19(14)28)10-21-23(30)29(24(33)34-21)17-6-4-15(26)5-7-17/h2-11H,12H2,1H3/b21-10-. The van der Waals surface area contributed by atoms with Crippen molar-refractivity contribution >= 4 is 96.7 Å². The van der Waals surface area contributed by atoms with E-state index in [4.69, 9.17) is 56.5 Å². The molecule has 0 aliphatic carbocycles. The van der Waals surface area contributed by atoms with Crippen LogP contribution in [0, 0.1) is 0 Å². The average molecular weight is 616 g/mol. The minimum atomic E-state index is -0.204. The summed E-state index contributed by atoms with van der Waals surface area (Å²) in [5.74, 6) is 0.809. The van der Waals surface area contributed by atoms with Gasteiger partial charge >= 0.3 is 0 Å². The minimum absolute atomic E-state index is 0.204. The molecule has 4 nitrogen and oxygen atoms in total. The van der Waals surface area contributed by atoms with Crippen LogP contribution in [0.25, 0.3) is 6.08 Å². The van der Waals surface area contributed by atoms with Gasteiger partial charge in [-0.1, -0.05) is 64.8 Å². The second kappa shape index (κ2) is 10.9. The van der Waals surface area contributed by atoms with Crippen LogP contribution in [0.5, 0.6) is 11.5 Å². The van der Waals surface area contributed by atoms with Crippen LogP contribution in [0.2, 0.25) is 15.1 Å². The molecule has 4 rings (SSSR count). The number of hydrogen-bond acceptors (Lipinski definition) is 5. The van der Waals surface area contributed by atoms with Crippen LogP contribution in [0.1, 0.15) is 11.1 Å². The van der Waals surface area contributed by atoms with E-state index in [2.05, 4.69) is 15.9 Å². The summed E-state index contributed by atoms with van der Waals surface area (Å²) in [5, 5.41) is 1.66. The smallest absolute Gasteiger partial charge is 0.270 e. The number of benzene rings is 3. The van der Waals surface area contributed by atoms with Crippen LogP contribution in [-0.2, 0) is 11.4 Å². The Hall–Kier alpha value is -1.74. The van der Waals surface area contributed by atoms with Gasteiger partial charge in [0.1, 0.15) is 6.61 Å². The summed E-state index contributed by atoms with van der Waals surface area (Å²) in [6.45, 7) is 0.226. The zero-order valence-electron chi connectivity index (χ0n) is 17.5. The van der Waals surface area contributed by atoms with Crippen molar-refractivity contribution in [3.8, 4) is 11.5 Å². The average Bonchev–Trinajstić information content (AvgIpc) is 3.07. The molecule has 0 atom stereocenters. The molecule has 174 valence electrons. The summed E-state index contributed by atoms with van der Waals surface area (Å²) in [7, 11) is 1.55. The molecule has 0 spiro atoms. The van der Waals surface area contributed by atoms with Crippen LogP contribution >= 0.6 is 74.7 Å². The number of anilines is 1. The highest BCUT2D eigenvalue weighted by molar-refractivity contribution is 9.10. The lowest BCUT2D eigenvalue weighted by molar-refractivity contribution is -0.113. The third-order valence-electron chi connectivity index (χ3n) is 4.82. The Labute approximate surface area is 229 Å². The number of hydrogen-bond donors (Lipinski definition) is 0. The highest BCUT2D eigenvalue weighted by Gasteiger charge is 2.33. The van der Waals surface area contributed by atoms with Crippen molar-refractivity contribution in [2.75, 3.05) is 12.0 Å². The molecular formula is C24H15BrCl3NO3S2. The molecule has 1 aliphatic rings. The Morgan fingerprint density at radius 2 is 1.76 bits per heavy atom. The lowest BCUT2D eigenvalue weighted by atomic mass is 10.1. The molecule has 3 aromatic carbocycles. The number of ether oxygens (including phenoxy) is 2. The molecule has 10 heteroatoms. The fraction of sp³-hybridized carbons (Fsp3) is 0.0833. The molecule has 0 aromatic heterocycles. The fourth-order valence-corrected chi connectivity index (χ4v) is 5.65. The van der Waals surface area contributed by atoms with E-state index in [1.165, 1.54) is 16.7 Å².